The highest BCUT2D eigenvalue weighted by Crippen LogP contribution is 2.31. The van der Waals surface area contributed by atoms with Crippen molar-refractivity contribution >= 4 is 6.29 Å². The van der Waals surface area contributed by atoms with Gasteiger partial charge >= 0.3 is 0 Å². The van der Waals surface area contributed by atoms with Crippen LogP contribution in [0.4, 0.5) is 4.39 Å². The van der Waals surface area contributed by atoms with Gasteiger partial charge < -0.3 is 4.74 Å². The lowest BCUT2D eigenvalue weighted by atomic mass is 9.99. The van der Waals surface area contributed by atoms with Crippen LogP contribution < -0.4 is 4.74 Å². The SMILES string of the molecule is CCOc1ccccc1C(C)(F)C=O. The molecule has 0 bridgehead atoms. The molecule has 0 fully saturated rings. The first kappa shape index (κ1) is 10.7. The van der Waals surface area contributed by atoms with Crippen molar-refractivity contribution < 1.29 is 13.9 Å². The van der Waals surface area contributed by atoms with E-state index in [0.29, 0.717) is 12.4 Å². The maximum absolute atomic E-state index is 13.7. The number of hydrogen-bond acceptors (Lipinski definition) is 2. The topological polar surface area (TPSA) is 26.3 Å². The third-order valence-electron chi connectivity index (χ3n) is 1.93. The molecule has 3 heteroatoms. The summed E-state index contributed by atoms with van der Waals surface area (Å²) in [6.45, 7) is 3.48. The van der Waals surface area contributed by atoms with Crippen LogP contribution in [0.1, 0.15) is 19.4 Å². The van der Waals surface area contributed by atoms with Crippen LogP contribution in [0.25, 0.3) is 0 Å². The molecule has 0 heterocycles. The highest BCUT2D eigenvalue weighted by molar-refractivity contribution is 5.67. The molecule has 1 aromatic rings. The zero-order chi connectivity index (χ0) is 10.6. The Hall–Kier alpha value is -1.38. The van der Waals surface area contributed by atoms with Gasteiger partial charge in [-0.3, -0.25) is 4.79 Å². The second-order valence-corrected chi connectivity index (χ2v) is 3.12. The van der Waals surface area contributed by atoms with Gasteiger partial charge in [0.15, 0.2) is 12.0 Å². The third-order valence-corrected chi connectivity index (χ3v) is 1.93. The van der Waals surface area contributed by atoms with Crippen molar-refractivity contribution in [1.29, 1.82) is 0 Å². The van der Waals surface area contributed by atoms with Gasteiger partial charge in [-0.25, -0.2) is 4.39 Å². The van der Waals surface area contributed by atoms with Gasteiger partial charge in [0.1, 0.15) is 5.75 Å². The lowest BCUT2D eigenvalue weighted by molar-refractivity contribution is -0.117. The highest BCUT2D eigenvalue weighted by atomic mass is 19.1. The van der Waals surface area contributed by atoms with E-state index < -0.39 is 5.67 Å². The molecule has 0 radical (unpaired) electrons. The lowest BCUT2D eigenvalue weighted by Gasteiger charge is -2.17. The van der Waals surface area contributed by atoms with Gasteiger partial charge in [-0.15, -0.1) is 0 Å². The lowest BCUT2D eigenvalue weighted by Crippen LogP contribution is -2.18. The molecule has 1 rings (SSSR count). The second-order valence-electron chi connectivity index (χ2n) is 3.12. The smallest absolute Gasteiger partial charge is 0.191 e. The van der Waals surface area contributed by atoms with Gasteiger partial charge in [0.05, 0.1) is 6.61 Å². The van der Waals surface area contributed by atoms with E-state index in [0.717, 1.165) is 0 Å². The predicted octanol–water partition coefficient (Wildman–Crippen LogP) is 2.47. The van der Waals surface area contributed by atoms with E-state index in [4.69, 9.17) is 4.74 Å². The Morgan fingerprint density at radius 2 is 2.14 bits per heavy atom. The predicted molar refractivity (Wildman–Crippen MR) is 52.1 cm³/mol. The molecule has 0 amide bonds. The molecule has 0 N–H and O–H groups in total. The Kier molecular flexibility index (Phi) is 3.23. The summed E-state index contributed by atoms with van der Waals surface area (Å²) in [5.41, 5.74) is -1.71. The number of hydrogen-bond donors (Lipinski definition) is 0. The fourth-order valence-electron chi connectivity index (χ4n) is 1.22. The van der Waals surface area contributed by atoms with Crippen LogP contribution in [0.3, 0.4) is 0 Å². The number of ether oxygens (including phenoxy) is 1. The van der Waals surface area contributed by atoms with Crippen LogP contribution >= 0.6 is 0 Å². The molecule has 0 aliphatic carbocycles. The van der Waals surface area contributed by atoms with E-state index in [1.807, 2.05) is 6.92 Å². The van der Waals surface area contributed by atoms with Crippen LogP contribution in [0.5, 0.6) is 5.75 Å². The maximum Gasteiger partial charge on any atom is 0.191 e. The van der Waals surface area contributed by atoms with E-state index in [-0.39, 0.29) is 11.8 Å². The number of carbonyl (C=O) groups excluding carboxylic acids is 1. The minimum atomic E-state index is -1.98. The van der Waals surface area contributed by atoms with Crippen molar-refractivity contribution in [2.45, 2.75) is 19.5 Å². The number of halogens is 1. The molecule has 1 aromatic carbocycles. The Balaban J connectivity index is 3.12. The minimum absolute atomic E-state index is 0.275. The fourth-order valence-corrected chi connectivity index (χ4v) is 1.22. The zero-order valence-corrected chi connectivity index (χ0v) is 8.29. The molecule has 0 aromatic heterocycles. The second kappa shape index (κ2) is 4.22. The molecule has 76 valence electrons. The van der Waals surface area contributed by atoms with Gasteiger partial charge in [0.25, 0.3) is 0 Å². The molecule has 1 unspecified atom stereocenters. The van der Waals surface area contributed by atoms with Gasteiger partial charge in [-0.2, -0.15) is 0 Å². The first-order valence-corrected chi connectivity index (χ1v) is 4.49. The van der Waals surface area contributed by atoms with E-state index in [9.17, 15) is 9.18 Å². The summed E-state index contributed by atoms with van der Waals surface area (Å²) < 4.78 is 18.9. The summed E-state index contributed by atoms with van der Waals surface area (Å²) in [4.78, 5) is 10.6. The first-order valence-electron chi connectivity index (χ1n) is 4.49. The van der Waals surface area contributed by atoms with Crippen molar-refractivity contribution in [3.63, 3.8) is 0 Å². The number of benzene rings is 1. The average molecular weight is 196 g/mol. The van der Waals surface area contributed by atoms with Crippen LogP contribution in [0, 0.1) is 0 Å². The molecule has 2 nitrogen and oxygen atoms in total. The van der Waals surface area contributed by atoms with Gasteiger partial charge in [0, 0.05) is 5.56 Å². The first-order chi connectivity index (χ1) is 6.61. The molecule has 1 atom stereocenters. The van der Waals surface area contributed by atoms with E-state index in [2.05, 4.69) is 0 Å². The number of aldehydes is 1. The molecular formula is C11H13FO2. The molecule has 0 aliphatic heterocycles. The van der Waals surface area contributed by atoms with E-state index >= 15 is 0 Å². The summed E-state index contributed by atoms with van der Waals surface area (Å²) in [6.07, 6.45) is 0.283. The standard InChI is InChI=1S/C11H13FO2/c1-3-14-10-7-5-4-6-9(10)11(2,12)8-13/h4-8H,3H2,1-2H3. The van der Waals surface area contributed by atoms with Gasteiger partial charge in [-0.1, -0.05) is 18.2 Å². The zero-order valence-electron chi connectivity index (χ0n) is 8.29. The summed E-state index contributed by atoms with van der Waals surface area (Å²) >= 11 is 0. The van der Waals surface area contributed by atoms with Crippen molar-refractivity contribution in [2.24, 2.45) is 0 Å². The summed E-state index contributed by atoms with van der Waals surface area (Å²) in [7, 11) is 0. The molecule has 0 aliphatic rings. The van der Waals surface area contributed by atoms with E-state index in [1.54, 1.807) is 24.3 Å². The minimum Gasteiger partial charge on any atom is -0.493 e. The van der Waals surface area contributed by atoms with E-state index in [1.165, 1.54) is 6.92 Å². The van der Waals surface area contributed by atoms with Crippen molar-refractivity contribution in [2.75, 3.05) is 6.61 Å². The number of alkyl halides is 1. The Bertz CT molecular complexity index is 321. The Labute approximate surface area is 82.7 Å². The number of carbonyl (C=O) groups is 1. The van der Waals surface area contributed by atoms with Gasteiger partial charge in [-0.05, 0) is 19.9 Å². The van der Waals surface area contributed by atoms with Crippen LogP contribution in [-0.2, 0) is 10.5 Å². The highest BCUT2D eigenvalue weighted by Gasteiger charge is 2.28. The van der Waals surface area contributed by atoms with Crippen LogP contribution in [0.2, 0.25) is 0 Å². The Morgan fingerprint density at radius 1 is 1.50 bits per heavy atom. The van der Waals surface area contributed by atoms with Crippen LogP contribution in [0.15, 0.2) is 24.3 Å². The largest absolute Gasteiger partial charge is 0.493 e. The normalized spacial score (nSPS) is 14.5. The fraction of sp³-hybridized carbons (Fsp3) is 0.364. The quantitative estimate of drug-likeness (QED) is 0.691. The third kappa shape index (κ3) is 2.10. The van der Waals surface area contributed by atoms with Crippen molar-refractivity contribution in [3.8, 4) is 5.75 Å². The molecule has 0 spiro atoms. The number of para-hydroxylation sites is 1. The van der Waals surface area contributed by atoms with Crippen molar-refractivity contribution in [1.82, 2.24) is 0 Å². The maximum atomic E-state index is 13.7. The molecule has 14 heavy (non-hydrogen) atoms. The average Bonchev–Trinajstić information content (AvgIpc) is 2.19. The van der Waals surface area contributed by atoms with Crippen molar-refractivity contribution in [3.05, 3.63) is 29.8 Å². The molecule has 0 saturated carbocycles. The van der Waals surface area contributed by atoms with Crippen LogP contribution in [-0.4, -0.2) is 12.9 Å². The summed E-state index contributed by atoms with van der Waals surface area (Å²) in [5.74, 6) is 0.423. The molecule has 0 saturated heterocycles. The van der Waals surface area contributed by atoms with Gasteiger partial charge in [0.2, 0.25) is 0 Å². The summed E-state index contributed by atoms with van der Waals surface area (Å²) in [6, 6.07) is 6.63. The summed E-state index contributed by atoms with van der Waals surface area (Å²) in [5, 5.41) is 0. The number of rotatable bonds is 4. The monoisotopic (exact) mass is 196 g/mol. The molecular weight excluding hydrogens is 183 g/mol. The Morgan fingerprint density at radius 3 is 2.71 bits per heavy atom.